The molecule has 1 atom stereocenters. The maximum Gasteiger partial charge on any atom is 0.233 e. The van der Waals surface area contributed by atoms with Crippen LogP contribution in [0.4, 0.5) is 0 Å². The number of imidazole rings is 1. The molecule has 1 N–H and O–H groups in total. The van der Waals surface area contributed by atoms with Crippen molar-refractivity contribution in [1.29, 1.82) is 0 Å². The molecule has 0 aromatic carbocycles. The van der Waals surface area contributed by atoms with E-state index in [-0.39, 0.29) is 11.3 Å². The van der Waals surface area contributed by atoms with Crippen LogP contribution in [0.5, 0.6) is 0 Å². The van der Waals surface area contributed by atoms with Gasteiger partial charge in [0.25, 0.3) is 0 Å². The highest BCUT2D eigenvalue weighted by atomic mass is 32.2. The molecule has 1 amide bonds. The molecule has 0 spiro atoms. The van der Waals surface area contributed by atoms with Gasteiger partial charge in [-0.15, -0.1) is 11.8 Å². The average molecular weight is 325 g/mol. The van der Waals surface area contributed by atoms with Crippen molar-refractivity contribution in [3.05, 3.63) is 17.2 Å². The third-order valence-electron chi connectivity index (χ3n) is 3.84. The number of aryl methyl sites for hydroxylation is 2. The quantitative estimate of drug-likeness (QED) is 0.709. The highest BCUT2D eigenvalue weighted by Crippen LogP contribution is 2.39. The molecule has 124 valence electrons. The molecule has 0 radical (unpaired) electrons. The summed E-state index contributed by atoms with van der Waals surface area (Å²) in [6.07, 6.45) is 4.03. The van der Waals surface area contributed by atoms with E-state index in [1.807, 2.05) is 11.8 Å². The number of carbonyl (C=O) groups is 1. The third kappa shape index (κ3) is 4.26. The lowest BCUT2D eigenvalue weighted by Gasteiger charge is -2.23. The molecule has 1 aromatic rings. The number of aromatic nitrogens is 2. The fourth-order valence-electron chi connectivity index (χ4n) is 2.55. The van der Waals surface area contributed by atoms with Crippen LogP contribution in [0.3, 0.4) is 0 Å². The van der Waals surface area contributed by atoms with Crippen LogP contribution in [-0.4, -0.2) is 46.3 Å². The minimum absolute atomic E-state index is 0.0553. The van der Waals surface area contributed by atoms with Gasteiger partial charge in [0.05, 0.1) is 11.4 Å². The van der Waals surface area contributed by atoms with Crippen molar-refractivity contribution in [3.8, 4) is 0 Å². The summed E-state index contributed by atoms with van der Waals surface area (Å²) >= 11 is 1.67. The van der Waals surface area contributed by atoms with Crippen LogP contribution in [0.15, 0.2) is 0 Å². The number of thioether (sulfide) groups is 1. The van der Waals surface area contributed by atoms with E-state index in [4.69, 9.17) is 4.74 Å². The lowest BCUT2D eigenvalue weighted by atomic mass is 10.3. The van der Waals surface area contributed by atoms with Crippen LogP contribution in [0.2, 0.25) is 0 Å². The van der Waals surface area contributed by atoms with Crippen LogP contribution < -0.4 is 0 Å². The molecule has 0 bridgehead atoms. The van der Waals surface area contributed by atoms with Gasteiger partial charge in [-0.1, -0.05) is 20.3 Å². The van der Waals surface area contributed by atoms with Gasteiger partial charge in [0.2, 0.25) is 5.91 Å². The smallest absolute Gasteiger partial charge is 0.233 e. The van der Waals surface area contributed by atoms with Gasteiger partial charge in [0, 0.05) is 31.9 Å². The molecule has 6 heteroatoms. The molecule has 2 heterocycles. The zero-order valence-corrected chi connectivity index (χ0v) is 14.7. The zero-order chi connectivity index (χ0) is 15.9. The van der Waals surface area contributed by atoms with Crippen molar-refractivity contribution < 1.29 is 9.53 Å². The second kappa shape index (κ2) is 8.58. The number of unbranched alkanes of at least 4 members (excludes halogenated alkanes) is 1. The maximum absolute atomic E-state index is 12.1. The lowest BCUT2D eigenvalue weighted by Crippen LogP contribution is -2.30. The minimum atomic E-state index is 0.0553. The number of carbonyl (C=O) groups excluding carboxylic acids is 1. The van der Waals surface area contributed by atoms with E-state index in [0.29, 0.717) is 5.75 Å². The van der Waals surface area contributed by atoms with Crippen molar-refractivity contribution in [2.45, 2.75) is 51.8 Å². The molecule has 0 aliphatic carbocycles. The Balaban J connectivity index is 1.90. The van der Waals surface area contributed by atoms with Gasteiger partial charge in [-0.3, -0.25) is 4.79 Å². The van der Waals surface area contributed by atoms with Crippen molar-refractivity contribution in [1.82, 2.24) is 14.9 Å². The largest absolute Gasteiger partial charge is 0.381 e. The number of hydrogen-bond donors (Lipinski definition) is 1. The Morgan fingerprint density at radius 2 is 2.14 bits per heavy atom. The first-order valence-electron chi connectivity index (χ1n) is 8.21. The molecule has 0 saturated carbocycles. The molecular formula is C16H27N3O2S. The Hall–Kier alpha value is -1.01. The monoisotopic (exact) mass is 325 g/mol. The third-order valence-corrected chi connectivity index (χ3v) is 5.05. The molecule has 1 aromatic heterocycles. The summed E-state index contributed by atoms with van der Waals surface area (Å²) in [4.78, 5) is 22.1. The number of hydrogen-bond acceptors (Lipinski definition) is 4. The summed E-state index contributed by atoms with van der Waals surface area (Å²) in [6, 6.07) is 0. The topological polar surface area (TPSA) is 58.2 Å². The van der Waals surface area contributed by atoms with Gasteiger partial charge < -0.3 is 14.6 Å². The number of nitrogens with zero attached hydrogens (tertiary/aromatic N) is 2. The van der Waals surface area contributed by atoms with Gasteiger partial charge in [-0.2, -0.15) is 0 Å². The Morgan fingerprint density at radius 3 is 2.82 bits per heavy atom. The van der Waals surface area contributed by atoms with Crippen molar-refractivity contribution in [2.75, 3.05) is 25.5 Å². The first kappa shape index (κ1) is 17.3. The van der Waals surface area contributed by atoms with E-state index in [2.05, 4.69) is 23.8 Å². The second-order valence-corrected chi connectivity index (χ2v) is 6.69. The van der Waals surface area contributed by atoms with Crippen LogP contribution in [0.1, 0.15) is 55.7 Å². The average Bonchev–Trinajstić information content (AvgIpc) is 3.06. The number of amides is 1. The molecule has 1 fully saturated rings. The molecule has 22 heavy (non-hydrogen) atoms. The van der Waals surface area contributed by atoms with Crippen molar-refractivity contribution in [2.24, 2.45) is 0 Å². The van der Waals surface area contributed by atoms with E-state index in [1.165, 1.54) is 0 Å². The fraction of sp³-hybridized carbons (Fsp3) is 0.750. The predicted molar refractivity (Wildman–Crippen MR) is 90.0 cm³/mol. The summed E-state index contributed by atoms with van der Waals surface area (Å²) in [5, 5.41) is 0.0553. The Bertz CT molecular complexity index is 490. The van der Waals surface area contributed by atoms with E-state index in [9.17, 15) is 4.79 Å². The van der Waals surface area contributed by atoms with E-state index in [0.717, 1.165) is 62.7 Å². The second-order valence-electron chi connectivity index (χ2n) is 5.62. The number of nitrogens with one attached hydrogen (secondary N) is 1. The summed E-state index contributed by atoms with van der Waals surface area (Å²) < 4.78 is 5.59. The Labute approximate surface area is 137 Å². The normalized spacial score (nSPS) is 18.4. The summed E-state index contributed by atoms with van der Waals surface area (Å²) in [5.41, 5.74) is 2.09. The lowest BCUT2D eigenvalue weighted by molar-refractivity contribution is -0.128. The molecule has 1 aliphatic rings. The molecule has 1 unspecified atom stereocenters. The molecule has 1 saturated heterocycles. The molecule has 5 nitrogen and oxygen atoms in total. The van der Waals surface area contributed by atoms with Crippen LogP contribution in [-0.2, 0) is 16.0 Å². The molecule has 1 aliphatic heterocycles. The SMILES string of the molecule is CCCCOCCCN1C(=O)CSC1c1nc(CC)[nH]c1C. The first-order valence-corrected chi connectivity index (χ1v) is 9.26. The van der Waals surface area contributed by atoms with Crippen LogP contribution >= 0.6 is 11.8 Å². The summed E-state index contributed by atoms with van der Waals surface area (Å²) in [7, 11) is 0. The van der Waals surface area contributed by atoms with E-state index >= 15 is 0 Å². The molecular weight excluding hydrogens is 298 g/mol. The fourth-order valence-corrected chi connectivity index (χ4v) is 3.81. The zero-order valence-electron chi connectivity index (χ0n) is 13.9. The van der Waals surface area contributed by atoms with E-state index in [1.54, 1.807) is 11.8 Å². The highest BCUT2D eigenvalue weighted by molar-refractivity contribution is 8.00. The Kier molecular flexibility index (Phi) is 6.76. The molecule has 2 rings (SSSR count). The summed E-state index contributed by atoms with van der Waals surface area (Å²) in [6.45, 7) is 8.57. The number of rotatable bonds is 9. The number of aromatic amines is 1. The highest BCUT2D eigenvalue weighted by Gasteiger charge is 2.34. The maximum atomic E-state index is 12.1. The van der Waals surface area contributed by atoms with Crippen LogP contribution in [0.25, 0.3) is 0 Å². The van der Waals surface area contributed by atoms with Crippen molar-refractivity contribution in [3.63, 3.8) is 0 Å². The van der Waals surface area contributed by atoms with Gasteiger partial charge in [-0.25, -0.2) is 4.98 Å². The summed E-state index contributed by atoms with van der Waals surface area (Å²) in [5.74, 6) is 1.76. The number of ether oxygens (including phenoxy) is 1. The first-order chi connectivity index (χ1) is 10.7. The predicted octanol–water partition coefficient (Wildman–Crippen LogP) is 3.06. The Morgan fingerprint density at radius 1 is 1.36 bits per heavy atom. The van der Waals surface area contributed by atoms with Gasteiger partial charge in [-0.05, 0) is 19.8 Å². The van der Waals surface area contributed by atoms with Gasteiger partial charge in [0.1, 0.15) is 11.2 Å². The van der Waals surface area contributed by atoms with E-state index < -0.39 is 0 Å². The van der Waals surface area contributed by atoms with Gasteiger partial charge >= 0.3 is 0 Å². The van der Waals surface area contributed by atoms with Gasteiger partial charge in [0.15, 0.2) is 0 Å². The number of H-pyrrole nitrogens is 1. The van der Waals surface area contributed by atoms with Crippen LogP contribution in [0, 0.1) is 6.92 Å². The minimum Gasteiger partial charge on any atom is -0.381 e. The standard InChI is InChI=1S/C16H27N3O2S/c1-4-6-9-21-10-7-8-19-14(20)11-22-16(19)15-12(3)17-13(5-2)18-15/h16H,4-11H2,1-3H3,(H,17,18). The van der Waals surface area contributed by atoms with Crippen molar-refractivity contribution >= 4 is 17.7 Å².